The highest BCUT2D eigenvalue weighted by atomic mass is 19.1. The summed E-state index contributed by atoms with van der Waals surface area (Å²) in [7, 11) is 0. The molecule has 9 heteroatoms. The Morgan fingerprint density at radius 3 is 1.23 bits per heavy atom. The van der Waals surface area contributed by atoms with E-state index in [9.17, 15) is 0 Å². The molecule has 8 nitrogen and oxygen atoms in total. The Kier molecular flexibility index (Phi) is 13.8. The lowest BCUT2D eigenvalue weighted by Crippen LogP contribution is -1.97. The average Bonchev–Trinajstić information content (AvgIpc) is 3.90. The van der Waals surface area contributed by atoms with Crippen LogP contribution in [0.2, 0.25) is 0 Å². The Balaban J connectivity index is 1.01. The maximum Gasteiger partial charge on any atom is 0.248 e. The zero-order chi connectivity index (χ0) is 36.7. The fourth-order valence-electron chi connectivity index (χ4n) is 6.12. The van der Waals surface area contributed by atoms with E-state index >= 15 is 4.39 Å². The van der Waals surface area contributed by atoms with E-state index in [-0.39, 0.29) is 5.89 Å². The smallest absolute Gasteiger partial charge is 0.248 e. The molecule has 0 fully saturated rings. The molecule has 0 aliphatic carbocycles. The van der Waals surface area contributed by atoms with E-state index in [1.54, 1.807) is 12.1 Å². The van der Waals surface area contributed by atoms with E-state index in [1.807, 2.05) is 72.8 Å². The van der Waals surface area contributed by atoms with Gasteiger partial charge in [0, 0.05) is 27.8 Å². The summed E-state index contributed by atoms with van der Waals surface area (Å²) in [5, 5.41) is 16.9. The maximum atomic E-state index is 15.4. The van der Waals surface area contributed by atoms with Crippen LogP contribution < -0.4 is 9.47 Å². The minimum absolute atomic E-state index is 0.242. The van der Waals surface area contributed by atoms with Crippen LogP contribution in [0.4, 0.5) is 4.39 Å². The van der Waals surface area contributed by atoms with Crippen LogP contribution in [0, 0.1) is 5.82 Å². The largest absolute Gasteiger partial charge is 0.494 e. The van der Waals surface area contributed by atoms with Crippen molar-refractivity contribution in [2.75, 3.05) is 13.2 Å². The topological polar surface area (TPSA) is 96.3 Å². The number of halogens is 1. The van der Waals surface area contributed by atoms with Crippen LogP contribution in [0.1, 0.15) is 90.9 Å². The molecule has 0 N–H and O–H groups in total. The predicted octanol–water partition coefficient (Wildman–Crippen LogP) is 12.4. The highest BCUT2D eigenvalue weighted by Gasteiger charge is 2.15. The fourth-order valence-corrected chi connectivity index (χ4v) is 6.12. The SMILES string of the molecule is CCCCCCCCOc1ccc(-c2nnc(-c3ccc(-c4ccc(-c5nnc(-c6ccc(OCCCCCCCC)cc6)o5)cc4F)cc3)o2)cc1. The fraction of sp³-hybridized carbons (Fsp3) is 0.364. The van der Waals surface area contributed by atoms with Crippen LogP contribution in [0.3, 0.4) is 0 Å². The standard InChI is InChI=1S/C44H49FN4O4/c1-3-5-7-9-11-13-29-50-37-24-19-34(20-25-37)42-47-46-41(52-42)33-17-15-32(16-18-33)39-28-23-36(31-40(39)45)44-49-48-43(53-44)35-21-26-38(27-22-35)51-30-14-12-10-8-6-4-2/h15-28,31H,3-14,29-30H2,1-2H3. The van der Waals surface area contributed by atoms with Crippen molar-refractivity contribution in [2.24, 2.45) is 0 Å². The molecule has 0 aliphatic heterocycles. The molecule has 0 bridgehead atoms. The van der Waals surface area contributed by atoms with E-state index in [1.165, 1.54) is 70.3 Å². The van der Waals surface area contributed by atoms with E-state index in [4.69, 9.17) is 18.3 Å². The number of ether oxygens (including phenoxy) is 2. The molecule has 0 atom stereocenters. The Morgan fingerprint density at radius 2 is 0.792 bits per heavy atom. The molecule has 6 rings (SSSR count). The van der Waals surface area contributed by atoms with Gasteiger partial charge in [0.15, 0.2) is 0 Å². The highest BCUT2D eigenvalue weighted by Crippen LogP contribution is 2.32. The van der Waals surface area contributed by atoms with Crippen molar-refractivity contribution in [1.29, 1.82) is 0 Å². The average molecular weight is 717 g/mol. The Morgan fingerprint density at radius 1 is 0.434 bits per heavy atom. The van der Waals surface area contributed by atoms with Crippen molar-refractivity contribution in [3.05, 3.63) is 96.8 Å². The van der Waals surface area contributed by atoms with Gasteiger partial charge in [-0.25, -0.2) is 4.39 Å². The van der Waals surface area contributed by atoms with Gasteiger partial charge in [-0.1, -0.05) is 96.3 Å². The number of aromatic nitrogens is 4. The molecule has 53 heavy (non-hydrogen) atoms. The van der Waals surface area contributed by atoms with Gasteiger partial charge < -0.3 is 18.3 Å². The van der Waals surface area contributed by atoms with Gasteiger partial charge in [0.25, 0.3) is 0 Å². The van der Waals surface area contributed by atoms with Crippen molar-refractivity contribution in [3.63, 3.8) is 0 Å². The minimum atomic E-state index is -0.402. The van der Waals surface area contributed by atoms with Gasteiger partial charge in [0.2, 0.25) is 23.6 Å². The van der Waals surface area contributed by atoms with Crippen LogP contribution in [0.25, 0.3) is 56.9 Å². The molecule has 0 amide bonds. The first-order valence-corrected chi connectivity index (χ1v) is 19.2. The number of hydrogen-bond donors (Lipinski definition) is 0. The third kappa shape index (κ3) is 10.6. The molecule has 6 aromatic rings. The monoisotopic (exact) mass is 716 g/mol. The minimum Gasteiger partial charge on any atom is -0.494 e. The second-order valence-corrected chi connectivity index (χ2v) is 13.4. The van der Waals surface area contributed by atoms with Crippen LogP contribution in [0.15, 0.2) is 99.8 Å². The van der Waals surface area contributed by atoms with Crippen molar-refractivity contribution in [2.45, 2.75) is 90.9 Å². The van der Waals surface area contributed by atoms with Crippen molar-refractivity contribution in [3.8, 4) is 68.4 Å². The van der Waals surface area contributed by atoms with E-state index < -0.39 is 5.82 Å². The zero-order valence-corrected chi connectivity index (χ0v) is 30.9. The first kappa shape index (κ1) is 37.4. The Hall–Kier alpha value is -5.31. The van der Waals surface area contributed by atoms with Gasteiger partial charge in [-0.05, 0) is 91.2 Å². The lowest BCUT2D eigenvalue weighted by atomic mass is 10.0. The molecule has 0 aliphatic rings. The number of unbranched alkanes of at least 4 members (excludes halogenated alkanes) is 10. The summed E-state index contributed by atoms with van der Waals surface area (Å²) in [5.41, 5.74) is 3.96. The summed E-state index contributed by atoms with van der Waals surface area (Å²) in [5.74, 6) is 2.63. The van der Waals surface area contributed by atoms with E-state index in [0.29, 0.717) is 47.6 Å². The summed E-state index contributed by atoms with van der Waals surface area (Å²) >= 11 is 0. The molecular formula is C44H49FN4O4. The normalized spacial score (nSPS) is 11.2. The van der Waals surface area contributed by atoms with Gasteiger partial charge >= 0.3 is 0 Å². The van der Waals surface area contributed by atoms with E-state index in [0.717, 1.165) is 41.0 Å². The van der Waals surface area contributed by atoms with Crippen LogP contribution in [-0.4, -0.2) is 33.6 Å². The lowest BCUT2D eigenvalue weighted by molar-refractivity contribution is 0.304. The van der Waals surface area contributed by atoms with Crippen LogP contribution in [-0.2, 0) is 0 Å². The first-order chi connectivity index (χ1) is 26.1. The molecule has 0 saturated heterocycles. The summed E-state index contributed by atoms with van der Waals surface area (Å²) < 4.78 is 39.1. The Bertz CT molecular complexity index is 1970. The second kappa shape index (κ2) is 19.5. The number of rotatable bonds is 21. The van der Waals surface area contributed by atoms with Crippen LogP contribution >= 0.6 is 0 Å². The van der Waals surface area contributed by atoms with Crippen molar-refractivity contribution < 1.29 is 22.7 Å². The third-order valence-electron chi connectivity index (χ3n) is 9.24. The van der Waals surface area contributed by atoms with Gasteiger partial charge in [0.05, 0.1) is 13.2 Å². The lowest BCUT2D eigenvalue weighted by Gasteiger charge is -2.06. The molecule has 2 aromatic heterocycles. The van der Waals surface area contributed by atoms with Gasteiger partial charge in [-0.3, -0.25) is 0 Å². The van der Waals surface area contributed by atoms with Crippen LogP contribution in [0.5, 0.6) is 11.5 Å². The zero-order valence-electron chi connectivity index (χ0n) is 30.9. The molecule has 0 unspecified atom stereocenters. The summed E-state index contributed by atoms with van der Waals surface area (Å²) in [4.78, 5) is 0. The number of benzene rings is 4. The third-order valence-corrected chi connectivity index (χ3v) is 9.24. The molecule has 0 radical (unpaired) electrons. The molecule has 276 valence electrons. The molecule has 4 aromatic carbocycles. The molecule has 0 spiro atoms. The quantitative estimate of drug-likeness (QED) is 0.0679. The Labute approximate surface area is 311 Å². The molecule has 0 saturated carbocycles. The molecule has 2 heterocycles. The van der Waals surface area contributed by atoms with Gasteiger partial charge in [0.1, 0.15) is 17.3 Å². The maximum absolute atomic E-state index is 15.4. The first-order valence-electron chi connectivity index (χ1n) is 19.2. The molecular weight excluding hydrogens is 668 g/mol. The predicted molar refractivity (Wildman–Crippen MR) is 207 cm³/mol. The summed E-state index contributed by atoms with van der Waals surface area (Å²) in [6.07, 6.45) is 14.7. The summed E-state index contributed by atoms with van der Waals surface area (Å²) in [6.45, 7) is 5.87. The number of nitrogens with zero attached hydrogens (tertiary/aromatic N) is 4. The van der Waals surface area contributed by atoms with Gasteiger partial charge in [-0.15, -0.1) is 20.4 Å². The van der Waals surface area contributed by atoms with Crippen molar-refractivity contribution >= 4 is 0 Å². The second-order valence-electron chi connectivity index (χ2n) is 13.4. The van der Waals surface area contributed by atoms with Crippen molar-refractivity contribution in [1.82, 2.24) is 20.4 Å². The highest BCUT2D eigenvalue weighted by molar-refractivity contribution is 5.71. The van der Waals surface area contributed by atoms with E-state index in [2.05, 4.69) is 34.2 Å². The number of hydrogen-bond acceptors (Lipinski definition) is 8. The van der Waals surface area contributed by atoms with Gasteiger partial charge in [-0.2, -0.15) is 0 Å². The summed E-state index contributed by atoms with van der Waals surface area (Å²) in [6, 6.07) is 27.5.